The Morgan fingerprint density at radius 2 is 1.88 bits per heavy atom. The van der Waals surface area contributed by atoms with E-state index in [2.05, 4.69) is 9.97 Å². The summed E-state index contributed by atoms with van der Waals surface area (Å²) in [6, 6.07) is 7.90. The summed E-state index contributed by atoms with van der Waals surface area (Å²) in [7, 11) is 0. The molecule has 2 nitrogen and oxygen atoms in total. The van der Waals surface area contributed by atoms with Gasteiger partial charge in [0, 0.05) is 12.6 Å². The lowest BCUT2D eigenvalue weighted by Gasteiger charge is -2.19. The van der Waals surface area contributed by atoms with E-state index in [9.17, 15) is 13.2 Å². The van der Waals surface area contributed by atoms with Gasteiger partial charge in [0.05, 0.1) is 17.9 Å². The van der Waals surface area contributed by atoms with Crippen LogP contribution in [-0.2, 0) is 6.42 Å². The number of halogens is 3. The minimum absolute atomic E-state index is 0.142. The molecule has 1 aromatic heterocycles. The first-order valence-electron chi connectivity index (χ1n) is 5.16. The fourth-order valence-corrected chi connectivity index (χ4v) is 1.72. The summed E-state index contributed by atoms with van der Waals surface area (Å²) < 4.78 is 38.9. The molecule has 0 radical (unpaired) electrons. The van der Waals surface area contributed by atoms with Crippen molar-refractivity contribution in [2.24, 2.45) is 0 Å². The van der Waals surface area contributed by atoms with Crippen molar-refractivity contribution in [2.75, 3.05) is 0 Å². The van der Waals surface area contributed by atoms with E-state index < -0.39 is 12.1 Å². The van der Waals surface area contributed by atoms with Gasteiger partial charge in [-0.3, -0.25) is 0 Å². The maximum atomic E-state index is 13.0. The third kappa shape index (κ3) is 2.87. The van der Waals surface area contributed by atoms with Gasteiger partial charge in [0.25, 0.3) is 0 Å². The largest absolute Gasteiger partial charge is 0.396 e. The van der Waals surface area contributed by atoms with Crippen LogP contribution in [0.25, 0.3) is 0 Å². The van der Waals surface area contributed by atoms with Crippen molar-refractivity contribution >= 4 is 0 Å². The van der Waals surface area contributed by atoms with Crippen LogP contribution in [0.2, 0.25) is 0 Å². The number of benzene rings is 1. The fraction of sp³-hybridized carbons (Fsp3) is 0.250. The molecule has 0 fully saturated rings. The molecule has 0 saturated carbocycles. The smallest absolute Gasteiger partial charge is 0.351 e. The molecule has 1 atom stereocenters. The Hall–Kier alpha value is -1.78. The van der Waals surface area contributed by atoms with Crippen molar-refractivity contribution in [3.05, 3.63) is 54.1 Å². The Morgan fingerprint density at radius 1 is 1.18 bits per heavy atom. The van der Waals surface area contributed by atoms with Crippen molar-refractivity contribution in [1.29, 1.82) is 0 Å². The minimum Gasteiger partial charge on any atom is -0.351 e. The first kappa shape index (κ1) is 11.7. The molecular formula is C12H11F3N2. The highest BCUT2D eigenvalue weighted by Crippen LogP contribution is 2.36. The molecule has 0 aliphatic rings. The number of rotatable bonds is 3. The van der Waals surface area contributed by atoms with Crippen LogP contribution in [0.15, 0.2) is 42.9 Å². The van der Waals surface area contributed by atoms with Crippen LogP contribution in [0, 0.1) is 0 Å². The molecule has 2 rings (SSSR count). The van der Waals surface area contributed by atoms with Gasteiger partial charge in [-0.25, -0.2) is 4.98 Å². The van der Waals surface area contributed by atoms with Crippen molar-refractivity contribution < 1.29 is 13.2 Å². The van der Waals surface area contributed by atoms with Gasteiger partial charge in [0.15, 0.2) is 0 Å². The number of alkyl halides is 3. The quantitative estimate of drug-likeness (QED) is 0.876. The Kier molecular flexibility index (Phi) is 3.17. The summed E-state index contributed by atoms with van der Waals surface area (Å²) in [5.41, 5.74) is 0.680. The molecule has 0 aliphatic carbocycles. The number of aromatic nitrogens is 2. The molecule has 17 heavy (non-hydrogen) atoms. The Bertz CT molecular complexity index is 448. The highest BCUT2D eigenvalue weighted by Gasteiger charge is 2.40. The van der Waals surface area contributed by atoms with E-state index in [1.807, 2.05) is 0 Å². The summed E-state index contributed by atoms with van der Waals surface area (Å²) in [5, 5.41) is 0. The number of nitrogens with zero attached hydrogens (tertiary/aromatic N) is 1. The lowest BCUT2D eigenvalue weighted by Crippen LogP contribution is -2.23. The van der Waals surface area contributed by atoms with Crippen molar-refractivity contribution in [2.45, 2.75) is 18.5 Å². The van der Waals surface area contributed by atoms with E-state index in [1.165, 1.54) is 24.7 Å². The topological polar surface area (TPSA) is 28.7 Å². The number of imidazole rings is 1. The third-order valence-electron chi connectivity index (χ3n) is 2.57. The molecule has 1 aromatic carbocycles. The molecule has 90 valence electrons. The zero-order valence-electron chi connectivity index (χ0n) is 8.91. The van der Waals surface area contributed by atoms with Gasteiger partial charge in [0.1, 0.15) is 0 Å². The van der Waals surface area contributed by atoms with E-state index in [0.29, 0.717) is 5.69 Å². The predicted octanol–water partition coefficient (Wildman–Crippen LogP) is 3.30. The molecule has 0 saturated heterocycles. The molecule has 1 unspecified atom stereocenters. The van der Waals surface area contributed by atoms with E-state index in [1.54, 1.807) is 18.2 Å². The number of hydrogen-bond donors (Lipinski definition) is 1. The molecule has 2 aromatic rings. The van der Waals surface area contributed by atoms with Crippen LogP contribution < -0.4 is 0 Å². The Balaban J connectivity index is 2.27. The molecule has 0 spiro atoms. The molecule has 1 heterocycles. The molecule has 0 aliphatic heterocycles. The zero-order valence-corrected chi connectivity index (χ0v) is 8.91. The SMILES string of the molecule is FC(F)(F)C(Cc1c[nH]cn1)c1ccccc1. The van der Waals surface area contributed by atoms with Gasteiger partial charge in [-0.1, -0.05) is 30.3 Å². The van der Waals surface area contributed by atoms with Crippen molar-refractivity contribution in [3.8, 4) is 0 Å². The number of aromatic amines is 1. The van der Waals surface area contributed by atoms with E-state index in [0.717, 1.165) is 0 Å². The Morgan fingerprint density at radius 3 is 2.41 bits per heavy atom. The minimum atomic E-state index is -4.26. The highest BCUT2D eigenvalue weighted by molar-refractivity contribution is 5.22. The second-order valence-corrected chi connectivity index (χ2v) is 3.77. The molecule has 0 bridgehead atoms. The van der Waals surface area contributed by atoms with Crippen LogP contribution in [0.3, 0.4) is 0 Å². The molecule has 1 N–H and O–H groups in total. The normalized spacial score (nSPS) is 13.6. The van der Waals surface area contributed by atoms with E-state index >= 15 is 0 Å². The molecular weight excluding hydrogens is 229 g/mol. The lowest BCUT2D eigenvalue weighted by atomic mass is 9.94. The van der Waals surface area contributed by atoms with Gasteiger partial charge in [-0.15, -0.1) is 0 Å². The van der Waals surface area contributed by atoms with Gasteiger partial charge < -0.3 is 4.98 Å². The monoisotopic (exact) mass is 240 g/mol. The second-order valence-electron chi connectivity index (χ2n) is 3.77. The van der Waals surface area contributed by atoms with Gasteiger partial charge in [-0.05, 0) is 5.56 Å². The zero-order chi connectivity index (χ0) is 12.3. The number of H-pyrrole nitrogens is 1. The lowest BCUT2D eigenvalue weighted by molar-refractivity contribution is -0.150. The highest BCUT2D eigenvalue weighted by atomic mass is 19.4. The van der Waals surface area contributed by atoms with Crippen molar-refractivity contribution in [3.63, 3.8) is 0 Å². The average molecular weight is 240 g/mol. The first-order valence-corrected chi connectivity index (χ1v) is 5.16. The Labute approximate surface area is 96.5 Å². The maximum absolute atomic E-state index is 13.0. The van der Waals surface area contributed by atoms with Gasteiger partial charge >= 0.3 is 6.18 Å². The first-order chi connectivity index (χ1) is 8.07. The van der Waals surface area contributed by atoms with Gasteiger partial charge in [0.2, 0.25) is 0 Å². The summed E-state index contributed by atoms with van der Waals surface area (Å²) in [5.74, 6) is -1.51. The van der Waals surface area contributed by atoms with Crippen LogP contribution in [-0.4, -0.2) is 16.1 Å². The van der Waals surface area contributed by atoms with Crippen LogP contribution in [0.4, 0.5) is 13.2 Å². The molecule has 5 heteroatoms. The summed E-state index contributed by atoms with van der Waals surface area (Å²) in [6.45, 7) is 0. The standard InChI is InChI=1S/C12H11F3N2/c13-12(14,15)11(6-10-7-16-8-17-10)9-4-2-1-3-5-9/h1-5,7-8,11H,6H2,(H,16,17). The average Bonchev–Trinajstić information content (AvgIpc) is 2.78. The molecule has 0 amide bonds. The van der Waals surface area contributed by atoms with Crippen LogP contribution >= 0.6 is 0 Å². The van der Waals surface area contributed by atoms with Crippen LogP contribution in [0.1, 0.15) is 17.2 Å². The van der Waals surface area contributed by atoms with Crippen molar-refractivity contribution in [1.82, 2.24) is 9.97 Å². The van der Waals surface area contributed by atoms with Crippen LogP contribution in [0.5, 0.6) is 0 Å². The summed E-state index contributed by atoms with van der Waals surface area (Å²) >= 11 is 0. The van der Waals surface area contributed by atoms with E-state index in [-0.39, 0.29) is 12.0 Å². The summed E-state index contributed by atoms with van der Waals surface area (Å²) in [4.78, 5) is 6.50. The summed E-state index contributed by atoms with van der Waals surface area (Å²) in [6.07, 6.45) is -1.53. The third-order valence-corrected chi connectivity index (χ3v) is 2.57. The number of hydrogen-bond acceptors (Lipinski definition) is 1. The van der Waals surface area contributed by atoms with Gasteiger partial charge in [-0.2, -0.15) is 13.2 Å². The number of nitrogens with one attached hydrogen (secondary N) is 1. The maximum Gasteiger partial charge on any atom is 0.396 e. The fourth-order valence-electron chi connectivity index (χ4n) is 1.72. The second kappa shape index (κ2) is 4.61. The predicted molar refractivity (Wildman–Crippen MR) is 57.5 cm³/mol. The van der Waals surface area contributed by atoms with E-state index in [4.69, 9.17) is 0 Å².